The van der Waals surface area contributed by atoms with E-state index in [1.165, 1.54) is 0 Å². The first-order valence-corrected chi connectivity index (χ1v) is 10.0. The van der Waals surface area contributed by atoms with Crippen molar-refractivity contribution in [2.75, 3.05) is 25.5 Å². The van der Waals surface area contributed by atoms with E-state index in [-0.39, 0.29) is 17.9 Å². The first-order chi connectivity index (χ1) is 13.8. The van der Waals surface area contributed by atoms with Gasteiger partial charge in [0.15, 0.2) is 0 Å². The predicted octanol–water partition coefficient (Wildman–Crippen LogP) is 2.32. The molecule has 29 heavy (non-hydrogen) atoms. The number of fused-ring (bicyclic) bond motifs is 1. The van der Waals surface area contributed by atoms with Crippen molar-refractivity contribution in [3.8, 4) is 0 Å². The normalized spacial score (nSPS) is 23.2. The topological polar surface area (TPSA) is 91.6 Å². The Labute approximate surface area is 170 Å². The molecule has 8 nitrogen and oxygen atoms in total. The van der Waals surface area contributed by atoms with Crippen molar-refractivity contribution in [3.05, 3.63) is 40.9 Å². The average Bonchev–Trinajstić information content (AvgIpc) is 3.35. The molecule has 2 fully saturated rings. The van der Waals surface area contributed by atoms with Crippen LogP contribution in [0.15, 0.2) is 22.9 Å². The van der Waals surface area contributed by atoms with Crippen LogP contribution in [0.2, 0.25) is 0 Å². The summed E-state index contributed by atoms with van der Waals surface area (Å²) in [5.74, 6) is 0.784. The molecule has 2 amide bonds. The Morgan fingerprint density at radius 1 is 1.31 bits per heavy atom. The highest BCUT2D eigenvalue weighted by Gasteiger charge is 2.53. The summed E-state index contributed by atoms with van der Waals surface area (Å²) in [4.78, 5) is 34.1. The van der Waals surface area contributed by atoms with Gasteiger partial charge in [0, 0.05) is 38.0 Å². The maximum Gasteiger partial charge on any atom is 0.293 e. The van der Waals surface area contributed by atoms with E-state index in [4.69, 9.17) is 4.52 Å². The predicted molar refractivity (Wildman–Crippen MR) is 108 cm³/mol. The van der Waals surface area contributed by atoms with Crippen LogP contribution in [-0.4, -0.2) is 59.1 Å². The molecule has 1 aliphatic carbocycles. The second-order valence-corrected chi connectivity index (χ2v) is 8.29. The SMILES string of the molecule is Cc1noc(C(=O)N2CCC3(NC(=O)c4ccnc(N(C)C)c4)CCCC23)c1C. The Morgan fingerprint density at radius 3 is 2.79 bits per heavy atom. The Bertz CT molecular complexity index is 954. The molecule has 3 heterocycles. The van der Waals surface area contributed by atoms with Crippen molar-refractivity contribution in [3.63, 3.8) is 0 Å². The summed E-state index contributed by atoms with van der Waals surface area (Å²) in [6.07, 6.45) is 5.10. The van der Waals surface area contributed by atoms with Gasteiger partial charge in [-0.15, -0.1) is 0 Å². The van der Waals surface area contributed by atoms with Crippen LogP contribution in [0, 0.1) is 13.8 Å². The molecule has 0 radical (unpaired) electrons. The molecule has 8 heteroatoms. The van der Waals surface area contributed by atoms with Crippen molar-refractivity contribution in [2.24, 2.45) is 0 Å². The first-order valence-electron chi connectivity index (χ1n) is 10.0. The smallest absolute Gasteiger partial charge is 0.293 e. The largest absolute Gasteiger partial charge is 0.363 e. The number of likely N-dealkylation sites (tertiary alicyclic amines) is 1. The van der Waals surface area contributed by atoms with Gasteiger partial charge in [-0.2, -0.15) is 0 Å². The number of aryl methyl sites for hydroxylation is 1. The van der Waals surface area contributed by atoms with E-state index in [1.54, 1.807) is 18.3 Å². The van der Waals surface area contributed by atoms with Crippen LogP contribution in [0.5, 0.6) is 0 Å². The molecule has 154 valence electrons. The third-order valence-corrected chi connectivity index (χ3v) is 6.35. The van der Waals surface area contributed by atoms with Gasteiger partial charge in [0.2, 0.25) is 5.76 Å². The van der Waals surface area contributed by atoms with Crippen molar-refractivity contribution in [1.82, 2.24) is 20.4 Å². The molecule has 0 bridgehead atoms. The average molecular weight is 397 g/mol. The van der Waals surface area contributed by atoms with Crippen LogP contribution >= 0.6 is 0 Å². The lowest BCUT2D eigenvalue weighted by Gasteiger charge is -2.33. The highest BCUT2D eigenvalue weighted by Crippen LogP contribution is 2.42. The molecule has 2 aromatic rings. The minimum absolute atomic E-state index is 0.0288. The molecule has 4 rings (SSSR count). The van der Waals surface area contributed by atoms with Crippen molar-refractivity contribution < 1.29 is 14.1 Å². The summed E-state index contributed by atoms with van der Waals surface area (Å²) in [5, 5.41) is 7.19. The minimum Gasteiger partial charge on any atom is -0.363 e. The number of pyridine rings is 1. The molecular weight excluding hydrogens is 370 g/mol. The van der Waals surface area contributed by atoms with Gasteiger partial charge in [0.05, 0.1) is 17.3 Å². The number of aromatic nitrogens is 2. The van der Waals surface area contributed by atoms with E-state index in [0.29, 0.717) is 17.9 Å². The van der Waals surface area contributed by atoms with Gasteiger partial charge < -0.3 is 19.6 Å². The zero-order chi connectivity index (χ0) is 20.8. The number of rotatable bonds is 4. The van der Waals surface area contributed by atoms with Gasteiger partial charge in [0.25, 0.3) is 11.8 Å². The van der Waals surface area contributed by atoms with Crippen molar-refractivity contribution in [1.29, 1.82) is 0 Å². The third kappa shape index (κ3) is 3.26. The molecule has 1 N–H and O–H groups in total. The number of anilines is 1. The van der Waals surface area contributed by atoms with Crippen LogP contribution < -0.4 is 10.2 Å². The molecule has 1 saturated heterocycles. The highest BCUT2D eigenvalue weighted by molar-refractivity contribution is 5.96. The molecule has 1 saturated carbocycles. The van der Waals surface area contributed by atoms with E-state index in [9.17, 15) is 9.59 Å². The summed E-state index contributed by atoms with van der Waals surface area (Å²) < 4.78 is 5.30. The molecule has 2 unspecified atom stereocenters. The fourth-order valence-electron chi connectivity index (χ4n) is 4.57. The van der Waals surface area contributed by atoms with Crippen LogP contribution in [0.4, 0.5) is 5.82 Å². The van der Waals surface area contributed by atoms with Gasteiger partial charge in [0.1, 0.15) is 5.82 Å². The number of carbonyl (C=O) groups is 2. The van der Waals surface area contributed by atoms with Gasteiger partial charge in [-0.05, 0) is 51.7 Å². The Morgan fingerprint density at radius 2 is 2.10 bits per heavy atom. The zero-order valence-corrected chi connectivity index (χ0v) is 17.4. The molecule has 2 aromatic heterocycles. The number of nitrogens with one attached hydrogen (secondary N) is 1. The molecule has 2 aliphatic rings. The highest BCUT2D eigenvalue weighted by atomic mass is 16.5. The lowest BCUT2D eigenvalue weighted by molar-refractivity contribution is 0.0655. The summed E-state index contributed by atoms with van der Waals surface area (Å²) in [5.41, 5.74) is 1.70. The second kappa shape index (κ2) is 7.17. The zero-order valence-electron chi connectivity index (χ0n) is 17.4. The van der Waals surface area contributed by atoms with E-state index >= 15 is 0 Å². The molecule has 2 atom stereocenters. The lowest BCUT2D eigenvalue weighted by Crippen LogP contribution is -2.54. The van der Waals surface area contributed by atoms with Crippen LogP contribution in [0.3, 0.4) is 0 Å². The Balaban J connectivity index is 1.55. The minimum atomic E-state index is -0.392. The standard InChI is InChI=1S/C21H27N5O3/c1-13-14(2)24-29-18(13)20(28)26-11-9-21(8-5-6-16(21)26)23-19(27)15-7-10-22-17(12-15)25(3)4/h7,10,12,16H,5-6,8-9,11H2,1-4H3,(H,23,27). The number of hydrogen-bond donors (Lipinski definition) is 1. The van der Waals surface area contributed by atoms with Gasteiger partial charge >= 0.3 is 0 Å². The molecule has 0 aromatic carbocycles. The molecule has 1 aliphatic heterocycles. The summed E-state index contributed by atoms with van der Waals surface area (Å²) >= 11 is 0. The van der Waals surface area contributed by atoms with E-state index < -0.39 is 5.54 Å². The fraction of sp³-hybridized carbons (Fsp3) is 0.524. The van der Waals surface area contributed by atoms with E-state index in [1.807, 2.05) is 37.7 Å². The first kappa shape index (κ1) is 19.4. The maximum absolute atomic E-state index is 13.1. The summed E-state index contributed by atoms with van der Waals surface area (Å²) in [6.45, 7) is 4.28. The van der Waals surface area contributed by atoms with E-state index in [2.05, 4.69) is 15.5 Å². The molecule has 0 spiro atoms. The number of amides is 2. The quantitative estimate of drug-likeness (QED) is 0.851. The van der Waals surface area contributed by atoms with Gasteiger partial charge in [-0.1, -0.05) is 5.16 Å². The van der Waals surface area contributed by atoms with Crippen LogP contribution in [0.1, 0.15) is 57.9 Å². The number of hydrogen-bond acceptors (Lipinski definition) is 6. The Hall–Kier alpha value is -2.90. The lowest BCUT2D eigenvalue weighted by atomic mass is 9.92. The second-order valence-electron chi connectivity index (χ2n) is 8.29. The monoisotopic (exact) mass is 397 g/mol. The van der Waals surface area contributed by atoms with Crippen molar-refractivity contribution in [2.45, 2.75) is 51.1 Å². The number of carbonyl (C=O) groups excluding carboxylic acids is 2. The fourth-order valence-corrected chi connectivity index (χ4v) is 4.57. The Kier molecular flexibility index (Phi) is 4.80. The third-order valence-electron chi connectivity index (χ3n) is 6.35. The summed E-state index contributed by atoms with van der Waals surface area (Å²) in [7, 11) is 3.78. The van der Waals surface area contributed by atoms with Gasteiger partial charge in [-0.3, -0.25) is 9.59 Å². The van der Waals surface area contributed by atoms with Crippen LogP contribution in [-0.2, 0) is 0 Å². The van der Waals surface area contributed by atoms with Crippen molar-refractivity contribution >= 4 is 17.6 Å². The van der Waals surface area contributed by atoms with Crippen LogP contribution in [0.25, 0.3) is 0 Å². The number of nitrogens with zero attached hydrogens (tertiary/aromatic N) is 4. The maximum atomic E-state index is 13.1. The summed E-state index contributed by atoms with van der Waals surface area (Å²) in [6, 6.07) is 3.48. The van der Waals surface area contributed by atoms with Gasteiger partial charge in [-0.25, -0.2) is 4.98 Å². The molecular formula is C21H27N5O3. The van der Waals surface area contributed by atoms with E-state index in [0.717, 1.165) is 42.8 Å².